The van der Waals surface area contributed by atoms with Gasteiger partial charge in [-0.05, 0) is 49.3 Å². The maximum atomic E-state index is 11.4. The number of anilines is 1. The van der Waals surface area contributed by atoms with Gasteiger partial charge in [0.15, 0.2) is 0 Å². The largest absolute Gasteiger partial charge is 0.490 e. The van der Waals surface area contributed by atoms with Gasteiger partial charge in [-0.1, -0.05) is 13.8 Å². The van der Waals surface area contributed by atoms with Crippen molar-refractivity contribution in [3.05, 3.63) is 23.8 Å². The van der Waals surface area contributed by atoms with Crippen LogP contribution >= 0.6 is 0 Å². The maximum Gasteiger partial charge on any atom is 0.252 e. The Morgan fingerprint density at radius 3 is 2.42 bits per heavy atom. The van der Waals surface area contributed by atoms with Crippen molar-refractivity contribution in [1.82, 2.24) is 0 Å². The summed E-state index contributed by atoms with van der Waals surface area (Å²) in [4.78, 5) is 11.4. The molecule has 0 saturated heterocycles. The van der Waals surface area contributed by atoms with Crippen LogP contribution in [0.15, 0.2) is 18.2 Å². The average Bonchev–Trinajstić information content (AvgIpc) is 2.30. The fraction of sp³-hybridized carbons (Fsp3) is 0.533. The van der Waals surface area contributed by atoms with Crippen molar-refractivity contribution in [2.75, 3.05) is 5.73 Å². The second kappa shape index (κ2) is 5.51. The number of rotatable bonds is 3. The van der Waals surface area contributed by atoms with Gasteiger partial charge in [-0.15, -0.1) is 0 Å². The quantitative estimate of drug-likeness (QED) is 0.822. The first-order valence-corrected chi connectivity index (χ1v) is 6.81. The van der Waals surface area contributed by atoms with Gasteiger partial charge in [0.05, 0.1) is 11.7 Å². The summed E-state index contributed by atoms with van der Waals surface area (Å²) in [5.41, 5.74) is 11.9. The minimum absolute atomic E-state index is 0.153. The second-order valence-corrected chi connectivity index (χ2v) is 5.78. The minimum Gasteiger partial charge on any atom is -0.490 e. The molecule has 1 fully saturated rings. The molecule has 1 aliphatic rings. The summed E-state index contributed by atoms with van der Waals surface area (Å²) >= 11 is 0. The van der Waals surface area contributed by atoms with E-state index >= 15 is 0 Å². The van der Waals surface area contributed by atoms with Crippen LogP contribution in [-0.4, -0.2) is 12.0 Å². The van der Waals surface area contributed by atoms with E-state index in [4.69, 9.17) is 16.2 Å². The van der Waals surface area contributed by atoms with Crippen LogP contribution in [0.5, 0.6) is 5.75 Å². The molecule has 19 heavy (non-hydrogen) atoms. The SMILES string of the molecule is CC1CC(C)CC(Oc2ccc(N)cc2C(N)=O)C1. The highest BCUT2D eigenvalue weighted by Crippen LogP contribution is 2.32. The molecule has 0 radical (unpaired) electrons. The Morgan fingerprint density at radius 2 is 1.84 bits per heavy atom. The first-order valence-electron chi connectivity index (χ1n) is 6.81. The highest BCUT2D eigenvalue weighted by atomic mass is 16.5. The standard InChI is InChI=1S/C15H22N2O2/c1-9-5-10(2)7-12(6-9)19-14-4-3-11(16)8-13(14)15(17)18/h3-4,8-10,12H,5-7,16H2,1-2H3,(H2,17,18). The molecule has 0 spiro atoms. The molecule has 4 nitrogen and oxygen atoms in total. The van der Waals surface area contributed by atoms with Crippen LogP contribution in [0.25, 0.3) is 0 Å². The highest BCUT2D eigenvalue weighted by molar-refractivity contribution is 5.96. The van der Waals surface area contributed by atoms with Gasteiger partial charge in [0, 0.05) is 5.69 Å². The van der Waals surface area contributed by atoms with Crippen molar-refractivity contribution >= 4 is 11.6 Å². The summed E-state index contributed by atoms with van der Waals surface area (Å²) < 4.78 is 5.99. The molecule has 4 heteroatoms. The molecule has 4 N–H and O–H groups in total. The molecule has 1 amide bonds. The monoisotopic (exact) mass is 262 g/mol. The number of benzene rings is 1. The number of hydrogen-bond donors (Lipinski definition) is 2. The van der Waals surface area contributed by atoms with Crippen LogP contribution in [0.4, 0.5) is 5.69 Å². The first-order chi connectivity index (χ1) is 8.95. The summed E-state index contributed by atoms with van der Waals surface area (Å²) in [6, 6.07) is 5.05. The number of carbonyl (C=O) groups is 1. The van der Waals surface area contributed by atoms with Crippen LogP contribution in [0.1, 0.15) is 43.5 Å². The molecule has 0 heterocycles. The molecular weight excluding hydrogens is 240 g/mol. The predicted octanol–water partition coefficient (Wildman–Crippen LogP) is 2.57. The van der Waals surface area contributed by atoms with Gasteiger partial charge in [-0.2, -0.15) is 0 Å². The molecule has 2 atom stereocenters. The van der Waals surface area contributed by atoms with Gasteiger partial charge < -0.3 is 16.2 Å². The van der Waals surface area contributed by atoms with E-state index in [1.165, 1.54) is 6.42 Å². The minimum atomic E-state index is -0.501. The number of carbonyl (C=O) groups excluding carboxylic acids is 1. The lowest BCUT2D eigenvalue weighted by Crippen LogP contribution is -2.29. The zero-order valence-corrected chi connectivity index (χ0v) is 11.6. The average molecular weight is 262 g/mol. The maximum absolute atomic E-state index is 11.4. The number of ether oxygens (including phenoxy) is 1. The van der Waals surface area contributed by atoms with E-state index in [1.54, 1.807) is 18.2 Å². The Labute approximate surface area is 114 Å². The number of hydrogen-bond acceptors (Lipinski definition) is 3. The molecule has 1 aromatic carbocycles. The number of amides is 1. The smallest absolute Gasteiger partial charge is 0.252 e. The third-order valence-corrected chi connectivity index (χ3v) is 3.70. The molecular formula is C15H22N2O2. The van der Waals surface area contributed by atoms with Gasteiger partial charge in [-0.3, -0.25) is 4.79 Å². The molecule has 2 rings (SSSR count). The zero-order chi connectivity index (χ0) is 14.0. The molecule has 104 valence electrons. The Hall–Kier alpha value is -1.71. The molecule has 1 aliphatic carbocycles. The van der Waals surface area contributed by atoms with Crippen LogP contribution in [0.2, 0.25) is 0 Å². The topological polar surface area (TPSA) is 78.3 Å². The zero-order valence-electron chi connectivity index (χ0n) is 11.6. The fourth-order valence-electron chi connectivity index (χ4n) is 2.99. The summed E-state index contributed by atoms with van der Waals surface area (Å²) in [6.07, 6.45) is 3.44. The van der Waals surface area contributed by atoms with Gasteiger partial charge in [0.1, 0.15) is 5.75 Å². The lowest BCUT2D eigenvalue weighted by molar-refractivity contribution is 0.0934. The summed E-state index contributed by atoms with van der Waals surface area (Å²) in [6.45, 7) is 4.48. The van der Waals surface area contributed by atoms with Gasteiger partial charge in [-0.25, -0.2) is 0 Å². The number of nitrogen functional groups attached to an aromatic ring is 1. The van der Waals surface area contributed by atoms with E-state index in [-0.39, 0.29) is 6.10 Å². The second-order valence-electron chi connectivity index (χ2n) is 5.78. The molecule has 2 unspecified atom stereocenters. The number of nitrogens with two attached hydrogens (primary N) is 2. The van der Waals surface area contributed by atoms with Gasteiger partial charge >= 0.3 is 0 Å². The van der Waals surface area contributed by atoms with Crippen molar-refractivity contribution in [2.24, 2.45) is 17.6 Å². The van der Waals surface area contributed by atoms with E-state index in [0.29, 0.717) is 28.8 Å². The van der Waals surface area contributed by atoms with Gasteiger partial charge in [0.25, 0.3) is 5.91 Å². The Balaban J connectivity index is 2.16. The lowest BCUT2D eigenvalue weighted by Gasteiger charge is -2.32. The fourth-order valence-corrected chi connectivity index (χ4v) is 2.99. The molecule has 1 aromatic rings. The van der Waals surface area contributed by atoms with E-state index in [1.807, 2.05) is 0 Å². The normalized spacial score (nSPS) is 26.9. The van der Waals surface area contributed by atoms with Crippen LogP contribution < -0.4 is 16.2 Å². The van der Waals surface area contributed by atoms with Crippen molar-refractivity contribution in [2.45, 2.75) is 39.2 Å². The molecule has 0 aliphatic heterocycles. The molecule has 0 bridgehead atoms. The van der Waals surface area contributed by atoms with Crippen molar-refractivity contribution in [1.29, 1.82) is 0 Å². The van der Waals surface area contributed by atoms with Gasteiger partial charge in [0.2, 0.25) is 0 Å². The van der Waals surface area contributed by atoms with E-state index < -0.39 is 5.91 Å². The summed E-state index contributed by atoms with van der Waals surface area (Å²) in [7, 11) is 0. The summed E-state index contributed by atoms with van der Waals surface area (Å²) in [5.74, 6) is 1.35. The van der Waals surface area contributed by atoms with Crippen molar-refractivity contribution in [3.63, 3.8) is 0 Å². The summed E-state index contributed by atoms with van der Waals surface area (Å²) in [5, 5.41) is 0. The lowest BCUT2D eigenvalue weighted by atomic mass is 9.82. The van der Waals surface area contributed by atoms with Crippen molar-refractivity contribution < 1.29 is 9.53 Å². The number of primary amides is 1. The molecule has 0 aromatic heterocycles. The highest BCUT2D eigenvalue weighted by Gasteiger charge is 2.26. The molecule has 1 saturated carbocycles. The van der Waals surface area contributed by atoms with Crippen LogP contribution in [0, 0.1) is 11.8 Å². The Bertz CT molecular complexity index is 463. The van der Waals surface area contributed by atoms with E-state index in [0.717, 1.165) is 12.8 Å². The van der Waals surface area contributed by atoms with Crippen LogP contribution in [-0.2, 0) is 0 Å². The Kier molecular flexibility index (Phi) is 3.98. The van der Waals surface area contributed by atoms with E-state index in [9.17, 15) is 4.79 Å². The predicted molar refractivity (Wildman–Crippen MR) is 76.0 cm³/mol. The van der Waals surface area contributed by atoms with Crippen molar-refractivity contribution in [3.8, 4) is 5.75 Å². The first kappa shape index (κ1) is 13.7. The Morgan fingerprint density at radius 1 is 1.21 bits per heavy atom. The van der Waals surface area contributed by atoms with E-state index in [2.05, 4.69) is 13.8 Å². The third-order valence-electron chi connectivity index (χ3n) is 3.70. The van der Waals surface area contributed by atoms with Crippen LogP contribution in [0.3, 0.4) is 0 Å². The third kappa shape index (κ3) is 3.40.